The van der Waals surface area contributed by atoms with Crippen molar-refractivity contribution >= 4 is 11.5 Å². The molecule has 3 rings (SSSR count). The number of aliphatic hydroxyl groups is 1. The van der Waals surface area contributed by atoms with Gasteiger partial charge in [0.1, 0.15) is 5.69 Å². The van der Waals surface area contributed by atoms with E-state index in [1.165, 1.54) is 0 Å². The standard InChI is InChI=1S/C13H10N2O2/c16-12-9-5-1-2-6-10(9)15-13(12,17)11-7-3-4-8-14-11/h1-8,15,17H/t13-/m1/s1. The predicted octanol–water partition coefficient (Wildman–Crippen LogP) is 1.54. The number of carbonyl (C=O) groups is 1. The number of nitrogens with one attached hydrogen (secondary N) is 1. The molecule has 1 aromatic carbocycles. The Balaban J connectivity index is 2.12. The molecule has 84 valence electrons. The molecule has 0 unspecified atom stereocenters. The number of fused-ring (bicyclic) bond motifs is 1. The minimum Gasteiger partial charge on any atom is -0.360 e. The number of rotatable bonds is 1. The Kier molecular flexibility index (Phi) is 2.00. The molecule has 0 spiro atoms. The number of para-hydroxylation sites is 1. The summed E-state index contributed by atoms with van der Waals surface area (Å²) in [5.74, 6) is -0.369. The lowest BCUT2D eigenvalue weighted by Gasteiger charge is -2.20. The first-order valence-electron chi connectivity index (χ1n) is 5.28. The summed E-state index contributed by atoms with van der Waals surface area (Å²) in [6.07, 6.45) is 1.55. The van der Waals surface area contributed by atoms with Crippen molar-refractivity contribution in [2.75, 3.05) is 5.32 Å². The van der Waals surface area contributed by atoms with Crippen LogP contribution in [0.25, 0.3) is 0 Å². The van der Waals surface area contributed by atoms with Crippen LogP contribution in [-0.2, 0) is 5.72 Å². The van der Waals surface area contributed by atoms with Crippen molar-refractivity contribution in [1.29, 1.82) is 0 Å². The van der Waals surface area contributed by atoms with Gasteiger partial charge in [-0.2, -0.15) is 0 Å². The molecular formula is C13H10N2O2. The van der Waals surface area contributed by atoms with Crippen LogP contribution in [0.5, 0.6) is 0 Å². The molecule has 1 aliphatic rings. The number of carbonyl (C=O) groups excluding carboxylic acids is 1. The zero-order valence-corrected chi connectivity index (χ0v) is 8.92. The largest absolute Gasteiger partial charge is 0.360 e. The highest BCUT2D eigenvalue weighted by Crippen LogP contribution is 2.36. The minimum atomic E-state index is -1.75. The van der Waals surface area contributed by atoms with Gasteiger partial charge in [0.25, 0.3) is 0 Å². The van der Waals surface area contributed by atoms with E-state index in [1.54, 1.807) is 42.6 Å². The third-order valence-corrected chi connectivity index (χ3v) is 2.85. The molecule has 4 heteroatoms. The summed E-state index contributed by atoms with van der Waals surface area (Å²) < 4.78 is 0. The first kappa shape index (κ1) is 9.99. The average Bonchev–Trinajstić information content (AvgIpc) is 2.65. The third kappa shape index (κ3) is 1.34. The molecule has 0 saturated carbocycles. The molecule has 0 saturated heterocycles. The molecule has 0 amide bonds. The Labute approximate surface area is 97.9 Å². The fourth-order valence-electron chi connectivity index (χ4n) is 1.99. The van der Waals surface area contributed by atoms with Crippen LogP contribution in [0.2, 0.25) is 0 Å². The highest BCUT2D eigenvalue weighted by atomic mass is 16.3. The van der Waals surface area contributed by atoms with Crippen LogP contribution < -0.4 is 5.32 Å². The second kappa shape index (κ2) is 3.40. The van der Waals surface area contributed by atoms with E-state index in [0.29, 0.717) is 16.9 Å². The van der Waals surface area contributed by atoms with Crippen molar-refractivity contribution in [1.82, 2.24) is 4.98 Å². The lowest BCUT2D eigenvalue weighted by atomic mass is 10.0. The lowest BCUT2D eigenvalue weighted by molar-refractivity contribution is 0.0454. The second-order valence-electron chi connectivity index (χ2n) is 3.93. The van der Waals surface area contributed by atoms with Crippen LogP contribution in [0, 0.1) is 0 Å². The van der Waals surface area contributed by atoms with Gasteiger partial charge in [-0.15, -0.1) is 0 Å². The topological polar surface area (TPSA) is 62.2 Å². The molecular weight excluding hydrogens is 216 g/mol. The number of pyridine rings is 1. The summed E-state index contributed by atoms with van der Waals surface area (Å²) in [6, 6.07) is 12.1. The van der Waals surface area contributed by atoms with Gasteiger partial charge < -0.3 is 10.4 Å². The van der Waals surface area contributed by atoms with Gasteiger partial charge in [0.05, 0.1) is 0 Å². The van der Waals surface area contributed by atoms with Crippen molar-refractivity contribution < 1.29 is 9.90 Å². The molecule has 2 N–H and O–H groups in total. The zero-order valence-electron chi connectivity index (χ0n) is 8.92. The molecule has 0 aliphatic carbocycles. The van der Waals surface area contributed by atoms with Crippen LogP contribution in [0.15, 0.2) is 48.7 Å². The van der Waals surface area contributed by atoms with E-state index in [4.69, 9.17) is 0 Å². The summed E-state index contributed by atoms with van der Waals surface area (Å²) in [5, 5.41) is 13.2. The van der Waals surface area contributed by atoms with Crippen LogP contribution >= 0.6 is 0 Å². The number of aromatic nitrogens is 1. The van der Waals surface area contributed by atoms with Gasteiger partial charge in [0, 0.05) is 17.4 Å². The van der Waals surface area contributed by atoms with Gasteiger partial charge in [0.2, 0.25) is 11.5 Å². The van der Waals surface area contributed by atoms with E-state index in [-0.39, 0.29) is 5.78 Å². The van der Waals surface area contributed by atoms with E-state index >= 15 is 0 Å². The average molecular weight is 226 g/mol. The van der Waals surface area contributed by atoms with Gasteiger partial charge in [-0.3, -0.25) is 9.78 Å². The minimum absolute atomic E-state index is 0.307. The van der Waals surface area contributed by atoms with E-state index < -0.39 is 5.72 Å². The molecule has 0 fully saturated rings. The van der Waals surface area contributed by atoms with E-state index in [1.807, 2.05) is 6.07 Å². The van der Waals surface area contributed by atoms with Gasteiger partial charge in [-0.05, 0) is 24.3 Å². The molecule has 0 radical (unpaired) electrons. The normalized spacial score (nSPS) is 22.1. The Bertz CT molecular complexity index is 583. The van der Waals surface area contributed by atoms with E-state index in [0.717, 1.165) is 0 Å². The molecule has 1 aromatic heterocycles. The Morgan fingerprint density at radius 3 is 2.59 bits per heavy atom. The van der Waals surface area contributed by atoms with Crippen molar-refractivity contribution in [2.24, 2.45) is 0 Å². The highest BCUT2D eigenvalue weighted by Gasteiger charge is 2.46. The Hall–Kier alpha value is -2.20. The van der Waals surface area contributed by atoms with Crippen LogP contribution in [0.1, 0.15) is 16.1 Å². The summed E-state index contributed by atoms with van der Waals surface area (Å²) in [4.78, 5) is 16.2. The lowest BCUT2D eigenvalue weighted by Crippen LogP contribution is -2.39. The van der Waals surface area contributed by atoms with Gasteiger partial charge in [-0.1, -0.05) is 18.2 Å². The van der Waals surface area contributed by atoms with Crippen molar-refractivity contribution in [2.45, 2.75) is 5.72 Å². The summed E-state index contributed by atoms with van der Waals surface area (Å²) in [7, 11) is 0. The smallest absolute Gasteiger partial charge is 0.245 e. The fraction of sp³-hybridized carbons (Fsp3) is 0.0769. The number of hydrogen-bond acceptors (Lipinski definition) is 4. The molecule has 1 aliphatic heterocycles. The maximum Gasteiger partial charge on any atom is 0.245 e. The Morgan fingerprint density at radius 2 is 1.88 bits per heavy atom. The number of hydrogen-bond donors (Lipinski definition) is 2. The Morgan fingerprint density at radius 1 is 1.12 bits per heavy atom. The van der Waals surface area contributed by atoms with Crippen molar-refractivity contribution in [3.05, 3.63) is 59.9 Å². The second-order valence-corrected chi connectivity index (χ2v) is 3.93. The van der Waals surface area contributed by atoms with Gasteiger partial charge in [0.15, 0.2) is 0 Å². The van der Waals surface area contributed by atoms with Gasteiger partial charge in [-0.25, -0.2) is 0 Å². The zero-order chi connectivity index (χ0) is 11.9. The summed E-state index contributed by atoms with van der Waals surface area (Å²) in [6.45, 7) is 0. The number of Topliss-reactive ketones (excluding diaryl/α,β-unsaturated/α-hetero) is 1. The van der Waals surface area contributed by atoms with E-state index in [9.17, 15) is 9.90 Å². The van der Waals surface area contributed by atoms with Crippen LogP contribution in [0.4, 0.5) is 5.69 Å². The van der Waals surface area contributed by atoms with Crippen LogP contribution in [-0.4, -0.2) is 15.9 Å². The van der Waals surface area contributed by atoms with Gasteiger partial charge >= 0.3 is 0 Å². The molecule has 1 atom stereocenters. The van der Waals surface area contributed by atoms with Crippen molar-refractivity contribution in [3.63, 3.8) is 0 Å². The number of ketones is 1. The van der Waals surface area contributed by atoms with Crippen LogP contribution in [0.3, 0.4) is 0 Å². The van der Waals surface area contributed by atoms with E-state index in [2.05, 4.69) is 10.3 Å². The molecule has 0 bridgehead atoms. The predicted molar refractivity (Wildman–Crippen MR) is 62.5 cm³/mol. The number of nitrogens with zero attached hydrogens (tertiary/aromatic N) is 1. The molecule has 17 heavy (non-hydrogen) atoms. The summed E-state index contributed by atoms with van der Waals surface area (Å²) >= 11 is 0. The maximum absolute atomic E-state index is 12.2. The number of anilines is 1. The summed E-state index contributed by atoms with van der Waals surface area (Å²) in [5.41, 5.74) is -0.321. The molecule has 2 aromatic rings. The fourth-order valence-corrected chi connectivity index (χ4v) is 1.99. The highest BCUT2D eigenvalue weighted by molar-refractivity contribution is 6.12. The quantitative estimate of drug-likeness (QED) is 0.774. The SMILES string of the molecule is O=C1c2ccccc2N[C@@]1(O)c1ccccn1. The first-order chi connectivity index (χ1) is 8.22. The number of benzene rings is 1. The molecule has 2 heterocycles. The van der Waals surface area contributed by atoms with Crippen molar-refractivity contribution in [3.8, 4) is 0 Å². The molecule has 4 nitrogen and oxygen atoms in total. The maximum atomic E-state index is 12.2. The first-order valence-corrected chi connectivity index (χ1v) is 5.28. The third-order valence-electron chi connectivity index (χ3n) is 2.85. The monoisotopic (exact) mass is 226 g/mol.